The van der Waals surface area contributed by atoms with Crippen molar-refractivity contribution in [3.8, 4) is 5.75 Å². The molecule has 0 saturated heterocycles. The summed E-state index contributed by atoms with van der Waals surface area (Å²) in [6, 6.07) is 5.58. The van der Waals surface area contributed by atoms with Crippen LogP contribution < -0.4 is 0 Å². The average molecular weight is 194 g/mol. The highest BCUT2D eigenvalue weighted by Gasteiger charge is 1.94. The second-order valence-electron chi connectivity index (χ2n) is 2.96. The molecule has 2 heteroatoms. The normalized spacial score (nSPS) is 10.9. The lowest BCUT2D eigenvalue weighted by atomic mass is 10.1. The number of benzene rings is 1. The molecule has 70 valence electrons. The molecule has 1 aromatic carbocycles. The SMILES string of the molecule is Cc1cc(C=CCCS)ccc1O. The molecule has 1 aromatic rings. The van der Waals surface area contributed by atoms with Crippen molar-refractivity contribution in [1.82, 2.24) is 0 Å². The lowest BCUT2D eigenvalue weighted by Crippen LogP contribution is -1.77. The molecule has 0 unspecified atom stereocenters. The first-order chi connectivity index (χ1) is 6.24. The van der Waals surface area contributed by atoms with Gasteiger partial charge in [0.25, 0.3) is 0 Å². The maximum Gasteiger partial charge on any atom is 0.118 e. The van der Waals surface area contributed by atoms with Crippen molar-refractivity contribution >= 4 is 18.7 Å². The van der Waals surface area contributed by atoms with E-state index < -0.39 is 0 Å². The minimum absolute atomic E-state index is 0.353. The second-order valence-corrected chi connectivity index (χ2v) is 3.41. The highest BCUT2D eigenvalue weighted by molar-refractivity contribution is 7.80. The molecule has 0 aliphatic carbocycles. The Balaban J connectivity index is 2.73. The van der Waals surface area contributed by atoms with Gasteiger partial charge in [-0.3, -0.25) is 0 Å². The molecule has 0 bridgehead atoms. The van der Waals surface area contributed by atoms with Gasteiger partial charge in [-0.05, 0) is 42.4 Å². The molecule has 1 rings (SSSR count). The second kappa shape index (κ2) is 4.97. The van der Waals surface area contributed by atoms with Gasteiger partial charge in [0.05, 0.1) is 0 Å². The van der Waals surface area contributed by atoms with E-state index in [1.54, 1.807) is 6.07 Å². The maximum atomic E-state index is 9.28. The Morgan fingerprint density at radius 3 is 2.85 bits per heavy atom. The Morgan fingerprint density at radius 2 is 2.23 bits per heavy atom. The summed E-state index contributed by atoms with van der Waals surface area (Å²) in [6.45, 7) is 1.89. The van der Waals surface area contributed by atoms with Crippen LogP contribution in [0.25, 0.3) is 6.08 Å². The van der Waals surface area contributed by atoms with Crippen molar-refractivity contribution in [3.05, 3.63) is 35.4 Å². The van der Waals surface area contributed by atoms with Gasteiger partial charge in [0.15, 0.2) is 0 Å². The van der Waals surface area contributed by atoms with E-state index in [0.717, 1.165) is 23.3 Å². The molecular formula is C11H14OS. The molecule has 0 saturated carbocycles. The molecule has 0 amide bonds. The summed E-state index contributed by atoms with van der Waals surface area (Å²) in [5.41, 5.74) is 2.03. The van der Waals surface area contributed by atoms with Crippen molar-refractivity contribution in [1.29, 1.82) is 0 Å². The molecule has 0 atom stereocenters. The summed E-state index contributed by atoms with van der Waals surface area (Å²) in [6.07, 6.45) is 5.10. The summed E-state index contributed by atoms with van der Waals surface area (Å²) >= 11 is 4.11. The van der Waals surface area contributed by atoms with E-state index in [9.17, 15) is 5.11 Å². The van der Waals surface area contributed by atoms with Crippen LogP contribution in [0.2, 0.25) is 0 Å². The van der Waals surface area contributed by atoms with E-state index in [1.807, 2.05) is 25.1 Å². The number of thiol groups is 1. The van der Waals surface area contributed by atoms with E-state index in [4.69, 9.17) is 0 Å². The molecule has 13 heavy (non-hydrogen) atoms. The number of aryl methyl sites for hydroxylation is 1. The first kappa shape index (κ1) is 10.2. The Bertz CT molecular complexity index is 305. The van der Waals surface area contributed by atoms with Gasteiger partial charge >= 0.3 is 0 Å². The summed E-state index contributed by atoms with van der Waals surface area (Å²) in [7, 11) is 0. The first-order valence-corrected chi connectivity index (χ1v) is 4.94. The van der Waals surface area contributed by atoms with Crippen LogP contribution >= 0.6 is 12.6 Å². The van der Waals surface area contributed by atoms with Gasteiger partial charge in [-0.1, -0.05) is 18.2 Å². The third kappa shape index (κ3) is 3.15. The third-order valence-electron chi connectivity index (χ3n) is 1.83. The summed E-state index contributed by atoms with van der Waals surface area (Å²) in [4.78, 5) is 0. The van der Waals surface area contributed by atoms with Gasteiger partial charge in [-0.15, -0.1) is 0 Å². The molecule has 1 N–H and O–H groups in total. The fraction of sp³-hybridized carbons (Fsp3) is 0.273. The first-order valence-electron chi connectivity index (χ1n) is 4.31. The predicted molar refractivity (Wildman–Crippen MR) is 60.3 cm³/mol. The molecule has 0 aliphatic rings. The third-order valence-corrected chi connectivity index (χ3v) is 2.09. The quantitative estimate of drug-likeness (QED) is 0.709. The fourth-order valence-electron chi connectivity index (χ4n) is 1.08. The zero-order valence-electron chi connectivity index (χ0n) is 7.70. The van der Waals surface area contributed by atoms with Crippen molar-refractivity contribution in [2.75, 3.05) is 5.75 Å². The van der Waals surface area contributed by atoms with Crippen LogP contribution in [0.3, 0.4) is 0 Å². The van der Waals surface area contributed by atoms with Crippen LogP contribution in [0.4, 0.5) is 0 Å². The number of allylic oxidation sites excluding steroid dienone is 1. The summed E-state index contributed by atoms with van der Waals surface area (Å²) < 4.78 is 0. The smallest absolute Gasteiger partial charge is 0.118 e. The van der Waals surface area contributed by atoms with Gasteiger partial charge in [-0.25, -0.2) is 0 Å². The Morgan fingerprint density at radius 1 is 1.46 bits per heavy atom. The number of hydrogen-bond acceptors (Lipinski definition) is 2. The molecule has 0 spiro atoms. The number of rotatable bonds is 3. The lowest BCUT2D eigenvalue weighted by molar-refractivity contribution is 0.471. The standard InChI is InChI=1S/C11H14OS/c1-9-8-10(4-2-3-7-13)5-6-11(9)12/h2,4-6,8,12-13H,3,7H2,1H3. The van der Waals surface area contributed by atoms with Crippen molar-refractivity contribution in [2.45, 2.75) is 13.3 Å². The largest absolute Gasteiger partial charge is 0.508 e. The number of phenols is 1. The molecule has 0 aromatic heterocycles. The minimum Gasteiger partial charge on any atom is -0.508 e. The monoisotopic (exact) mass is 194 g/mol. The van der Waals surface area contributed by atoms with Crippen LogP contribution in [0.15, 0.2) is 24.3 Å². The van der Waals surface area contributed by atoms with Gasteiger partial charge in [0.2, 0.25) is 0 Å². The molecule has 0 radical (unpaired) electrons. The van der Waals surface area contributed by atoms with E-state index in [1.165, 1.54) is 0 Å². The Labute approximate surface area is 84.5 Å². The maximum absolute atomic E-state index is 9.28. The fourth-order valence-corrected chi connectivity index (χ4v) is 1.23. The topological polar surface area (TPSA) is 20.2 Å². The highest BCUT2D eigenvalue weighted by atomic mass is 32.1. The molecule has 1 nitrogen and oxygen atoms in total. The van der Waals surface area contributed by atoms with Gasteiger partial charge in [-0.2, -0.15) is 12.6 Å². The van der Waals surface area contributed by atoms with E-state index in [-0.39, 0.29) is 0 Å². The number of hydrogen-bond donors (Lipinski definition) is 2. The summed E-state index contributed by atoms with van der Waals surface area (Å²) in [5.74, 6) is 1.22. The van der Waals surface area contributed by atoms with Crippen LogP contribution in [-0.2, 0) is 0 Å². The van der Waals surface area contributed by atoms with E-state index in [0.29, 0.717) is 5.75 Å². The van der Waals surface area contributed by atoms with E-state index in [2.05, 4.69) is 18.7 Å². The Kier molecular flexibility index (Phi) is 3.90. The van der Waals surface area contributed by atoms with Crippen LogP contribution in [0.1, 0.15) is 17.5 Å². The average Bonchev–Trinajstić information content (AvgIpc) is 2.12. The van der Waals surface area contributed by atoms with Crippen molar-refractivity contribution < 1.29 is 5.11 Å². The number of phenolic OH excluding ortho intramolecular Hbond substituents is 1. The van der Waals surface area contributed by atoms with Crippen LogP contribution in [0, 0.1) is 6.92 Å². The predicted octanol–water partition coefficient (Wildman–Crippen LogP) is 3.03. The minimum atomic E-state index is 0.353. The van der Waals surface area contributed by atoms with Crippen molar-refractivity contribution in [3.63, 3.8) is 0 Å². The van der Waals surface area contributed by atoms with Gasteiger partial charge in [0, 0.05) is 0 Å². The van der Waals surface area contributed by atoms with Crippen molar-refractivity contribution in [2.24, 2.45) is 0 Å². The molecular weight excluding hydrogens is 180 g/mol. The van der Waals surface area contributed by atoms with Gasteiger partial charge < -0.3 is 5.11 Å². The summed E-state index contributed by atoms with van der Waals surface area (Å²) in [5, 5.41) is 9.28. The Hall–Kier alpha value is -0.890. The molecule has 0 fully saturated rings. The highest BCUT2D eigenvalue weighted by Crippen LogP contribution is 2.17. The lowest BCUT2D eigenvalue weighted by Gasteiger charge is -1.99. The molecule has 0 aliphatic heterocycles. The van der Waals surface area contributed by atoms with Crippen LogP contribution in [0.5, 0.6) is 5.75 Å². The zero-order valence-corrected chi connectivity index (χ0v) is 8.59. The van der Waals surface area contributed by atoms with Gasteiger partial charge in [0.1, 0.15) is 5.75 Å². The van der Waals surface area contributed by atoms with E-state index >= 15 is 0 Å². The zero-order chi connectivity index (χ0) is 9.68. The van der Waals surface area contributed by atoms with Crippen LogP contribution in [-0.4, -0.2) is 10.9 Å². The molecule has 0 heterocycles. The number of aromatic hydroxyl groups is 1.